The Balaban J connectivity index is 1.58. The number of carbonyl (C=O) groups is 3. The van der Waals surface area contributed by atoms with E-state index in [0.29, 0.717) is 53.8 Å². The van der Waals surface area contributed by atoms with Gasteiger partial charge >= 0.3 is 5.97 Å². The Bertz CT molecular complexity index is 907. The van der Waals surface area contributed by atoms with Gasteiger partial charge < -0.3 is 14.5 Å². The molecule has 0 unspecified atom stereocenters. The van der Waals surface area contributed by atoms with Gasteiger partial charge in [-0.25, -0.2) is 4.98 Å². The van der Waals surface area contributed by atoms with Gasteiger partial charge in [0.2, 0.25) is 5.91 Å². The molecule has 1 aliphatic rings. The molecule has 1 fully saturated rings. The lowest BCUT2D eigenvalue weighted by molar-refractivity contribution is -0.151. The van der Waals surface area contributed by atoms with E-state index >= 15 is 0 Å². The molecule has 3 heterocycles. The number of pyridine rings is 1. The molecule has 2 aromatic heterocycles. The second-order valence-electron chi connectivity index (χ2n) is 7.22. The Morgan fingerprint density at radius 1 is 1.27 bits per heavy atom. The first-order valence-electron chi connectivity index (χ1n) is 9.99. The maximum Gasteiger partial charge on any atom is 0.309 e. The van der Waals surface area contributed by atoms with Crippen LogP contribution in [0.2, 0.25) is 0 Å². The molecule has 30 heavy (non-hydrogen) atoms. The number of likely N-dealkylation sites (tertiary alicyclic amines) is 1. The van der Waals surface area contributed by atoms with E-state index in [1.807, 2.05) is 18.2 Å². The predicted molar refractivity (Wildman–Crippen MR) is 113 cm³/mol. The number of amides is 2. The number of piperidine rings is 1. The average molecular weight is 431 g/mol. The molecule has 9 heteroatoms. The van der Waals surface area contributed by atoms with Crippen molar-refractivity contribution in [1.82, 2.24) is 19.8 Å². The summed E-state index contributed by atoms with van der Waals surface area (Å²) >= 11 is 1.28. The summed E-state index contributed by atoms with van der Waals surface area (Å²) in [6.07, 6.45) is 2.86. The maximum absolute atomic E-state index is 12.9. The molecule has 0 radical (unpaired) electrons. The second kappa shape index (κ2) is 9.80. The third-order valence-corrected chi connectivity index (χ3v) is 6.23. The molecule has 0 saturated carbocycles. The van der Waals surface area contributed by atoms with E-state index in [-0.39, 0.29) is 30.2 Å². The molecule has 3 rings (SSSR count). The Morgan fingerprint density at radius 2 is 2.00 bits per heavy atom. The van der Waals surface area contributed by atoms with Gasteiger partial charge in [-0.3, -0.25) is 19.4 Å². The summed E-state index contributed by atoms with van der Waals surface area (Å²) in [7, 11) is 1.62. The number of aryl methyl sites for hydroxylation is 1. The molecule has 0 aromatic carbocycles. The number of esters is 1. The SMILES string of the molecule is CCOC(=O)C1CCN(C(=O)CN(C)C(=O)c2sc(-c3ccccn3)nc2C)CC1. The van der Waals surface area contributed by atoms with Crippen LogP contribution in [0.5, 0.6) is 0 Å². The van der Waals surface area contributed by atoms with Gasteiger partial charge in [-0.15, -0.1) is 11.3 Å². The molecule has 2 aromatic rings. The third-order valence-electron chi connectivity index (χ3n) is 5.06. The summed E-state index contributed by atoms with van der Waals surface area (Å²) in [6.45, 7) is 4.91. The smallest absolute Gasteiger partial charge is 0.309 e. The molecule has 0 aliphatic carbocycles. The van der Waals surface area contributed by atoms with Crippen molar-refractivity contribution in [1.29, 1.82) is 0 Å². The fourth-order valence-corrected chi connectivity index (χ4v) is 4.40. The molecule has 2 amide bonds. The van der Waals surface area contributed by atoms with Crippen molar-refractivity contribution in [3.8, 4) is 10.7 Å². The molecular weight excluding hydrogens is 404 g/mol. The first kappa shape index (κ1) is 21.9. The van der Waals surface area contributed by atoms with E-state index in [4.69, 9.17) is 4.74 Å². The minimum absolute atomic E-state index is 0.0147. The van der Waals surface area contributed by atoms with Crippen molar-refractivity contribution >= 4 is 29.1 Å². The molecule has 1 aliphatic heterocycles. The van der Waals surface area contributed by atoms with E-state index in [9.17, 15) is 14.4 Å². The van der Waals surface area contributed by atoms with Gasteiger partial charge in [0, 0.05) is 26.3 Å². The Morgan fingerprint density at radius 3 is 2.63 bits per heavy atom. The number of rotatable bonds is 6. The molecule has 0 spiro atoms. The molecule has 0 N–H and O–H groups in total. The van der Waals surface area contributed by atoms with Crippen molar-refractivity contribution in [2.24, 2.45) is 5.92 Å². The maximum atomic E-state index is 12.9. The Hall–Kier alpha value is -2.81. The number of ether oxygens (including phenoxy) is 1. The van der Waals surface area contributed by atoms with Crippen LogP contribution in [-0.2, 0) is 14.3 Å². The molecule has 1 saturated heterocycles. The van der Waals surface area contributed by atoms with Crippen LogP contribution >= 0.6 is 11.3 Å². The topological polar surface area (TPSA) is 92.7 Å². The van der Waals surface area contributed by atoms with E-state index < -0.39 is 0 Å². The average Bonchev–Trinajstić information content (AvgIpc) is 3.15. The van der Waals surface area contributed by atoms with Crippen molar-refractivity contribution in [2.75, 3.05) is 33.3 Å². The third kappa shape index (κ3) is 5.02. The van der Waals surface area contributed by atoms with Crippen molar-refractivity contribution < 1.29 is 19.1 Å². The van der Waals surface area contributed by atoms with Crippen LogP contribution in [0.4, 0.5) is 0 Å². The quantitative estimate of drug-likeness (QED) is 0.654. The Kier molecular flexibility index (Phi) is 7.15. The fourth-order valence-electron chi connectivity index (χ4n) is 3.37. The van der Waals surface area contributed by atoms with E-state index in [2.05, 4.69) is 9.97 Å². The number of aromatic nitrogens is 2. The van der Waals surface area contributed by atoms with E-state index in [1.54, 1.807) is 32.0 Å². The minimum atomic E-state index is -0.234. The first-order valence-corrected chi connectivity index (χ1v) is 10.8. The molecule has 0 atom stereocenters. The van der Waals surface area contributed by atoms with Crippen LogP contribution in [0, 0.1) is 12.8 Å². The van der Waals surface area contributed by atoms with Gasteiger partial charge in [-0.2, -0.15) is 0 Å². The predicted octanol–water partition coefficient (Wildman–Crippen LogP) is 2.39. The van der Waals surface area contributed by atoms with E-state index in [0.717, 1.165) is 0 Å². The van der Waals surface area contributed by atoms with Gasteiger partial charge in [0.25, 0.3) is 5.91 Å². The number of thiazole rings is 1. The highest BCUT2D eigenvalue weighted by Gasteiger charge is 2.29. The van der Waals surface area contributed by atoms with Crippen molar-refractivity contribution in [3.63, 3.8) is 0 Å². The van der Waals surface area contributed by atoms with Crippen LogP contribution in [-0.4, -0.2) is 70.8 Å². The lowest BCUT2D eigenvalue weighted by atomic mass is 9.97. The van der Waals surface area contributed by atoms with Crippen molar-refractivity contribution in [3.05, 3.63) is 35.0 Å². The van der Waals surface area contributed by atoms with Crippen LogP contribution in [0.15, 0.2) is 24.4 Å². The highest BCUT2D eigenvalue weighted by atomic mass is 32.1. The summed E-state index contributed by atoms with van der Waals surface area (Å²) < 4.78 is 5.06. The standard InChI is InChI=1S/C21H26N4O4S/c1-4-29-21(28)15-8-11-25(12-9-15)17(26)13-24(3)20(27)18-14(2)23-19(30-18)16-7-5-6-10-22-16/h5-7,10,15H,4,8-9,11-13H2,1-3H3. The first-order chi connectivity index (χ1) is 14.4. The lowest BCUT2D eigenvalue weighted by Gasteiger charge is -2.32. The van der Waals surface area contributed by atoms with Crippen LogP contribution in [0.3, 0.4) is 0 Å². The summed E-state index contributed by atoms with van der Waals surface area (Å²) in [5.74, 6) is -0.707. The second-order valence-corrected chi connectivity index (χ2v) is 8.22. The van der Waals surface area contributed by atoms with Crippen molar-refractivity contribution in [2.45, 2.75) is 26.7 Å². The summed E-state index contributed by atoms with van der Waals surface area (Å²) in [5.41, 5.74) is 1.34. The zero-order valence-electron chi connectivity index (χ0n) is 17.5. The van der Waals surface area contributed by atoms with Crippen LogP contribution in [0.1, 0.15) is 35.1 Å². The fraction of sp³-hybridized carbons (Fsp3) is 0.476. The zero-order valence-corrected chi connectivity index (χ0v) is 18.3. The number of hydrogen-bond acceptors (Lipinski definition) is 7. The number of carbonyl (C=O) groups excluding carboxylic acids is 3. The van der Waals surface area contributed by atoms with E-state index in [1.165, 1.54) is 16.2 Å². The monoisotopic (exact) mass is 430 g/mol. The lowest BCUT2D eigenvalue weighted by Crippen LogP contribution is -2.45. The van der Waals surface area contributed by atoms with Gasteiger partial charge in [0.1, 0.15) is 9.88 Å². The Labute approximate surface area is 179 Å². The molecule has 8 nitrogen and oxygen atoms in total. The highest BCUT2D eigenvalue weighted by Crippen LogP contribution is 2.27. The zero-order chi connectivity index (χ0) is 21.7. The normalized spacial score (nSPS) is 14.4. The van der Waals surface area contributed by atoms with Gasteiger partial charge in [-0.05, 0) is 38.8 Å². The van der Waals surface area contributed by atoms with Crippen LogP contribution < -0.4 is 0 Å². The van der Waals surface area contributed by atoms with Gasteiger partial charge in [-0.1, -0.05) is 6.07 Å². The number of likely N-dealkylation sites (N-methyl/N-ethyl adjacent to an activating group) is 1. The molecular formula is C21H26N4O4S. The highest BCUT2D eigenvalue weighted by molar-refractivity contribution is 7.17. The number of hydrogen-bond donors (Lipinski definition) is 0. The van der Waals surface area contributed by atoms with Gasteiger partial charge in [0.05, 0.1) is 30.5 Å². The summed E-state index contributed by atoms with van der Waals surface area (Å²) in [5, 5.41) is 0.678. The minimum Gasteiger partial charge on any atom is -0.466 e. The summed E-state index contributed by atoms with van der Waals surface area (Å²) in [4.78, 5) is 49.8. The largest absolute Gasteiger partial charge is 0.466 e. The molecule has 0 bridgehead atoms. The van der Waals surface area contributed by atoms with Crippen LogP contribution in [0.25, 0.3) is 10.7 Å². The number of nitrogens with zero attached hydrogens (tertiary/aromatic N) is 4. The van der Waals surface area contributed by atoms with Gasteiger partial charge in [0.15, 0.2) is 0 Å². The molecule has 160 valence electrons. The summed E-state index contributed by atoms with van der Waals surface area (Å²) in [6, 6.07) is 5.54.